The number of carbonyl (C=O) groups is 1. The molecule has 0 fully saturated rings. The smallest absolute Gasteiger partial charge is 0.416 e. The Kier molecular flexibility index (Phi) is 8.86. The van der Waals surface area contributed by atoms with Crippen molar-refractivity contribution in [2.24, 2.45) is 4.99 Å². The van der Waals surface area contributed by atoms with E-state index in [0.29, 0.717) is 28.2 Å². The zero-order valence-electron chi connectivity index (χ0n) is 21.5. The maximum Gasteiger partial charge on any atom is 0.416 e. The number of benzene rings is 3. The molecule has 0 aliphatic carbocycles. The van der Waals surface area contributed by atoms with Gasteiger partial charge in [-0.1, -0.05) is 24.3 Å². The zero-order valence-corrected chi connectivity index (χ0v) is 22.3. The van der Waals surface area contributed by atoms with E-state index in [1.54, 1.807) is 19.3 Å². The number of halogens is 6. The molecular formula is C28H22F6N2O4S. The average Bonchev–Trinajstić information content (AvgIpc) is 3.28. The summed E-state index contributed by atoms with van der Waals surface area (Å²) in [5, 5.41) is 3.51. The van der Waals surface area contributed by atoms with Gasteiger partial charge in [0.2, 0.25) is 0 Å². The van der Waals surface area contributed by atoms with Crippen molar-refractivity contribution in [3.63, 3.8) is 0 Å². The molecule has 0 saturated carbocycles. The van der Waals surface area contributed by atoms with Crippen LogP contribution in [0.1, 0.15) is 27.8 Å². The van der Waals surface area contributed by atoms with Gasteiger partial charge in [-0.05, 0) is 65.4 Å². The van der Waals surface area contributed by atoms with Crippen LogP contribution in [0.4, 0.5) is 26.3 Å². The fourth-order valence-electron chi connectivity index (χ4n) is 3.75. The van der Waals surface area contributed by atoms with Crippen molar-refractivity contribution in [3.8, 4) is 17.2 Å². The van der Waals surface area contributed by atoms with Gasteiger partial charge in [0, 0.05) is 12.1 Å². The third-order valence-electron chi connectivity index (χ3n) is 5.83. The number of hydrogen-bond donors (Lipinski definition) is 1. The van der Waals surface area contributed by atoms with Gasteiger partial charge in [-0.2, -0.15) is 31.3 Å². The number of aliphatic imine (C=N–C) groups is 1. The number of amides is 1. The van der Waals surface area contributed by atoms with Crippen LogP contribution in [-0.4, -0.2) is 25.3 Å². The molecule has 1 heterocycles. The van der Waals surface area contributed by atoms with Crippen LogP contribution in [0.15, 0.2) is 70.6 Å². The van der Waals surface area contributed by atoms with Gasteiger partial charge in [0.05, 0.1) is 30.3 Å². The second-order valence-electron chi connectivity index (χ2n) is 8.60. The number of alkyl halides is 6. The summed E-state index contributed by atoms with van der Waals surface area (Å²) in [5.74, 6) is 0.480. The van der Waals surface area contributed by atoms with Gasteiger partial charge in [-0.3, -0.25) is 4.79 Å². The summed E-state index contributed by atoms with van der Waals surface area (Å²) in [6, 6.07) is 13.2. The van der Waals surface area contributed by atoms with E-state index in [9.17, 15) is 31.1 Å². The van der Waals surface area contributed by atoms with Crippen LogP contribution in [0.5, 0.6) is 17.2 Å². The third-order valence-corrected chi connectivity index (χ3v) is 6.78. The maximum atomic E-state index is 13.5. The lowest BCUT2D eigenvalue weighted by molar-refractivity contribution is -0.143. The predicted octanol–water partition coefficient (Wildman–Crippen LogP) is 7.08. The summed E-state index contributed by atoms with van der Waals surface area (Å²) in [7, 11) is 2.89. The molecule has 1 aliphatic rings. The van der Waals surface area contributed by atoms with Gasteiger partial charge < -0.3 is 19.5 Å². The Hall–Kier alpha value is -4.13. The van der Waals surface area contributed by atoms with E-state index in [0.717, 1.165) is 29.1 Å². The first kappa shape index (κ1) is 29.8. The van der Waals surface area contributed by atoms with E-state index in [2.05, 4.69) is 10.3 Å². The number of amidine groups is 1. The molecule has 1 amide bonds. The van der Waals surface area contributed by atoms with E-state index in [1.807, 2.05) is 24.3 Å². The summed E-state index contributed by atoms with van der Waals surface area (Å²) >= 11 is 1.14. The first-order valence-corrected chi connectivity index (χ1v) is 12.7. The van der Waals surface area contributed by atoms with Crippen LogP contribution < -0.4 is 19.5 Å². The van der Waals surface area contributed by atoms with Gasteiger partial charge in [0.15, 0.2) is 16.7 Å². The summed E-state index contributed by atoms with van der Waals surface area (Å²) in [6.45, 7) is -0.222. The minimum Gasteiger partial charge on any atom is -0.497 e. The molecule has 1 aliphatic heterocycles. The highest BCUT2D eigenvalue weighted by molar-refractivity contribution is 8.18. The molecule has 1 N–H and O–H groups in total. The first-order chi connectivity index (χ1) is 19.4. The van der Waals surface area contributed by atoms with Gasteiger partial charge in [-0.15, -0.1) is 0 Å². The Bertz CT molecular complexity index is 1480. The van der Waals surface area contributed by atoms with Crippen LogP contribution in [0, 0.1) is 0 Å². The summed E-state index contributed by atoms with van der Waals surface area (Å²) in [4.78, 5) is 16.7. The lowest BCUT2D eigenvalue weighted by atomic mass is 10.0. The Morgan fingerprint density at radius 3 is 2.24 bits per heavy atom. The van der Waals surface area contributed by atoms with Crippen molar-refractivity contribution in [1.29, 1.82) is 0 Å². The van der Waals surface area contributed by atoms with Crippen molar-refractivity contribution >= 4 is 28.9 Å². The van der Waals surface area contributed by atoms with Crippen LogP contribution in [0.2, 0.25) is 0 Å². The number of nitrogens with zero attached hydrogens (tertiary/aromatic N) is 1. The Balaban J connectivity index is 1.44. The molecule has 0 bridgehead atoms. The molecule has 3 aromatic rings. The van der Waals surface area contributed by atoms with Crippen LogP contribution in [0.3, 0.4) is 0 Å². The monoisotopic (exact) mass is 596 g/mol. The Morgan fingerprint density at radius 2 is 1.61 bits per heavy atom. The Morgan fingerprint density at radius 1 is 0.878 bits per heavy atom. The number of carbonyl (C=O) groups excluding carboxylic acids is 1. The normalized spacial score (nSPS) is 14.7. The molecule has 216 valence electrons. The first-order valence-electron chi connectivity index (χ1n) is 11.8. The van der Waals surface area contributed by atoms with Crippen LogP contribution >= 0.6 is 11.8 Å². The summed E-state index contributed by atoms with van der Waals surface area (Å²) in [5.41, 5.74) is -1.84. The largest absolute Gasteiger partial charge is 0.497 e. The standard InChI is InChI=1S/C28H22F6N2O4S/c1-38-20-8-3-16(4-9-20)14-35-26-36-25(37)24(41-26)12-17-5-10-22(23(11-17)39-2)40-15-18-6-7-19(27(29,30)31)13-21(18)28(32,33)34/h3-13H,14-15H2,1-2H3,(H,35,36,37)/b24-12+. The van der Waals surface area contributed by atoms with Gasteiger partial charge in [0.25, 0.3) is 5.91 Å². The minimum absolute atomic E-state index is 0.0592. The van der Waals surface area contributed by atoms with Crippen molar-refractivity contribution < 1.29 is 45.3 Å². The number of nitrogens with one attached hydrogen (secondary N) is 1. The van der Waals surface area contributed by atoms with E-state index < -0.39 is 41.6 Å². The fourth-order valence-corrected chi connectivity index (χ4v) is 4.56. The average molecular weight is 597 g/mol. The maximum absolute atomic E-state index is 13.5. The van der Waals surface area contributed by atoms with Crippen LogP contribution in [-0.2, 0) is 30.3 Å². The van der Waals surface area contributed by atoms with E-state index in [1.165, 1.54) is 19.2 Å². The second kappa shape index (κ2) is 12.2. The third kappa shape index (κ3) is 7.54. The molecule has 0 radical (unpaired) electrons. The minimum atomic E-state index is -5.02. The zero-order chi connectivity index (χ0) is 29.8. The highest BCUT2D eigenvalue weighted by Crippen LogP contribution is 2.38. The second-order valence-corrected chi connectivity index (χ2v) is 9.63. The molecule has 0 saturated heterocycles. The molecule has 6 nitrogen and oxygen atoms in total. The summed E-state index contributed by atoms with van der Waals surface area (Å²) in [6.07, 6.45) is -8.37. The molecule has 13 heteroatoms. The topological polar surface area (TPSA) is 69.2 Å². The molecule has 0 aromatic heterocycles. The van der Waals surface area contributed by atoms with Crippen LogP contribution in [0.25, 0.3) is 6.08 Å². The summed E-state index contributed by atoms with van der Waals surface area (Å²) < 4.78 is 95.1. The molecule has 3 aromatic carbocycles. The number of hydrogen-bond acceptors (Lipinski definition) is 6. The molecule has 0 spiro atoms. The highest BCUT2D eigenvalue weighted by atomic mass is 32.2. The van der Waals surface area contributed by atoms with Gasteiger partial charge >= 0.3 is 12.4 Å². The number of rotatable bonds is 8. The van der Waals surface area contributed by atoms with Crippen molar-refractivity contribution in [1.82, 2.24) is 5.32 Å². The highest BCUT2D eigenvalue weighted by Gasteiger charge is 2.38. The van der Waals surface area contributed by atoms with Gasteiger partial charge in [0.1, 0.15) is 12.4 Å². The van der Waals surface area contributed by atoms with E-state index >= 15 is 0 Å². The SMILES string of the molecule is COc1ccc(CNC2=NC(=O)/C(=C\c3ccc(OCc4ccc(C(F)(F)F)cc4C(F)(F)F)c(OC)c3)S2)cc1. The molecular weight excluding hydrogens is 574 g/mol. The van der Waals surface area contributed by atoms with Crippen molar-refractivity contribution in [2.75, 3.05) is 14.2 Å². The quantitative estimate of drug-likeness (QED) is 0.222. The van der Waals surface area contributed by atoms with Crippen molar-refractivity contribution in [3.05, 3.63) is 93.4 Å². The number of methoxy groups -OCH3 is 2. The van der Waals surface area contributed by atoms with Gasteiger partial charge in [-0.25, -0.2) is 0 Å². The number of ether oxygens (including phenoxy) is 3. The molecule has 41 heavy (non-hydrogen) atoms. The Labute approximate surface area is 235 Å². The lowest BCUT2D eigenvalue weighted by Crippen LogP contribution is -2.18. The molecule has 0 atom stereocenters. The molecule has 0 unspecified atom stereocenters. The van der Waals surface area contributed by atoms with E-state index in [4.69, 9.17) is 14.2 Å². The van der Waals surface area contributed by atoms with E-state index in [-0.39, 0.29) is 17.6 Å². The predicted molar refractivity (Wildman–Crippen MR) is 142 cm³/mol. The van der Waals surface area contributed by atoms with Crippen molar-refractivity contribution in [2.45, 2.75) is 25.5 Å². The molecule has 4 rings (SSSR count). The fraction of sp³-hybridized carbons (Fsp3) is 0.214. The lowest BCUT2D eigenvalue weighted by Gasteiger charge is -2.17. The number of thioether (sulfide) groups is 1.